The first-order valence-electron chi connectivity index (χ1n) is 10.8. The second-order valence-electron chi connectivity index (χ2n) is 8.58. The summed E-state index contributed by atoms with van der Waals surface area (Å²) in [5.41, 5.74) is -1.14. The third-order valence-electron chi connectivity index (χ3n) is 6.98. The number of benzene rings is 1. The van der Waals surface area contributed by atoms with E-state index in [0.29, 0.717) is 18.8 Å². The molecule has 1 spiro atoms. The molecule has 3 atom stereocenters. The van der Waals surface area contributed by atoms with Gasteiger partial charge >= 0.3 is 66.9 Å². The molecule has 8 nitrogen and oxygen atoms in total. The zero-order valence-electron chi connectivity index (χ0n) is 20.2. The molecule has 1 aromatic rings. The third-order valence-corrected chi connectivity index (χ3v) is 7.88. The molecular formula is C19H21ClNNa2O7P+2. The molecule has 0 amide bonds. The fraction of sp³-hybridized carbons (Fsp3) is 0.632. The van der Waals surface area contributed by atoms with Crippen LogP contribution in [0.4, 0.5) is 0 Å². The zero-order valence-corrected chi connectivity index (χ0v) is 22.9. The summed E-state index contributed by atoms with van der Waals surface area (Å²) in [6.45, 7) is 0. The Balaban J connectivity index is 0.00000162. The molecule has 1 saturated heterocycles. The summed E-state index contributed by atoms with van der Waals surface area (Å²) in [4.78, 5) is 29.4. The van der Waals surface area contributed by atoms with Gasteiger partial charge in [-0.1, -0.05) is 6.07 Å². The zero-order chi connectivity index (χ0) is 23.2. The molecule has 0 aromatic heterocycles. The normalized spacial score (nSPS) is 41.6. The molecule has 1 aliphatic heterocycles. The topological polar surface area (TPSA) is 118 Å². The Labute approximate surface area is 233 Å². The van der Waals surface area contributed by atoms with Crippen molar-refractivity contribution in [1.82, 2.24) is 0 Å². The Morgan fingerprint density at radius 3 is 2.42 bits per heavy atom. The van der Waals surface area contributed by atoms with E-state index in [9.17, 15) is 19.6 Å². The molecule has 0 radical (unpaired) electrons. The molecule has 2 N–H and O–H groups in total. The van der Waals surface area contributed by atoms with Crippen LogP contribution < -0.4 is 63.6 Å². The fourth-order valence-electron chi connectivity index (χ4n) is 6.21. The van der Waals surface area contributed by atoms with Gasteiger partial charge in [-0.15, -0.1) is 11.6 Å². The van der Waals surface area contributed by atoms with Gasteiger partial charge in [-0.2, -0.15) is 10.1 Å². The van der Waals surface area contributed by atoms with Crippen molar-refractivity contribution in [2.75, 3.05) is 7.04 Å². The Morgan fingerprint density at radius 2 is 1.94 bits per heavy atom. The molecule has 3 unspecified atom stereocenters. The first-order chi connectivity index (χ1) is 14.8. The first kappa shape index (κ1) is 22.3. The minimum Gasteiger partial charge on any atom is -0.403 e. The van der Waals surface area contributed by atoms with E-state index in [1.54, 1.807) is 6.07 Å². The van der Waals surface area contributed by atoms with Gasteiger partial charge in [-0.05, 0) is 62.0 Å². The quantitative estimate of drug-likeness (QED) is 0.203. The fourth-order valence-corrected chi connectivity index (χ4v) is 7.21. The van der Waals surface area contributed by atoms with Crippen LogP contribution in [0.5, 0.6) is 5.75 Å². The van der Waals surface area contributed by atoms with E-state index in [2.05, 4.69) is 0 Å². The van der Waals surface area contributed by atoms with Crippen LogP contribution in [0.1, 0.15) is 47.3 Å². The minimum absolute atomic E-state index is 0. The maximum Gasteiger partial charge on any atom is 1.00 e. The molecule has 6 rings (SSSR count). The minimum atomic E-state index is -4.99. The van der Waals surface area contributed by atoms with Crippen molar-refractivity contribution in [3.63, 3.8) is 0 Å². The Hall–Kier alpha value is 0.830. The summed E-state index contributed by atoms with van der Waals surface area (Å²) < 4.78 is 45.1. The second kappa shape index (κ2) is 8.80. The largest absolute Gasteiger partial charge is 1.00 e. The summed E-state index contributed by atoms with van der Waals surface area (Å²) in [5.74, 6) is -2.15. The molecule has 31 heavy (non-hydrogen) atoms. The third kappa shape index (κ3) is 3.92. The van der Waals surface area contributed by atoms with Crippen LogP contribution in [-0.4, -0.2) is 27.3 Å². The molecule has 5 aliphatic rings. The summed E-state index contributed by atoms with van der Waals surface area (Å²) >= 11 is 6.86. The van der Waals surface area contributed by atoms with Gasteiger partial charge in [0.1, 0.15) is 11.8 Å². The molecule has 1 heterocycles. The van der Waals surface area contributed by atoms with E-state index < -0.39 is 32.0 Å². The van der Waals surface area contributed by atoms with Gasteiger partial charge in [-0.3, -0.25) is 9.79 Å². The van der Waals surface area contributed by atoms with E-state index >= 15 is 0 Å². The van der Waals surface area contributed by atoms with Crippen molar-refractivity contribution >= 4 is 19.4 Å². The van der Waals surface area contributed by atoms with Crippen LogP contribution in [-0.2, 0) is 24.9 Å². The van der Waals surface area contributed by atoms with Crippen LogP contribution in [0.25, 0.3) is 0 Å². The van der Waals surface area contributed by atoms with Gasteiger partial charge in [0, 0.05) is 17.5 Å². The summed E-state index contributed by atoms with van der Waals surface area (Å²) in [5, 5.41) is 9.33. The molecule has 4 aliphatic carbocycles. The van der Waals surface area contributed by atoms with Crippen molar-refractivity contribution in [2.24, 2.45) is 17.8 Å². The predicted octanol–water partition coefficient (Wildman–Crippen LogP) is -2.64. The van der Waals surface area contributed by atoms with Crippen LogP contribution in [0.3, 0.4) is 0 Å². The maximum absolute atomic E-state index is 11.4. The standard InChI is InChI=1S/C19H21ClNO7P.2Na/c1-25-19(13-3-2-12(10-21)16(6-13)26-29(22,23)24)18(27-28-19)14-4-11-5-15(18)9-17(20,7-11)8-14;;/h2-3,6,11,14-15H,4-5,7-9H2,1H3,(H2,22,23,24);;/q;2*+1/i1D3;;. The van der Waals surface area contributed by atoms with Crippen molar-refractivity contribution in [3.8, 4) is 11.8 Å². The van der Waals surface area contributed by atoms with Gasteiger partial charge < -0.3 is 9.26 Å². The van der Waals surface area contributed by atoms with E-state index in [0.717, 1.165) is 19.3 Å². The van der Waals surface area contributed by atoms with Crippen molar-refractivity contribution in [1.29, 1.82) is 5.26 Å². The van der Waals surface area contributed by atoms with Crippen LogP contribution in [0.15, 0.2) is 18.2 Å². The Morgan fingerprint density at radius 1 is 1.26 bits per heavy atom. The van der Waals surface area contributed by atoms with Gasteiger partial charge in [0.25, 0.3) is 5.79 Å². The van der Waals surface area contributed by atoms with Gasteiger partial charge in [0.2, 0.25) is 0 Å². The van der Waals surface area contributed by atoms with E-state index in [1.165, 1.54) is 18.2 Å². The SMILES string of the molecule is [2H]C([2H])([2H])OC1(c2ccc(C#N)c(OP(=O)(O)O)c2)OOC12C1CC3CC2CC(Cl)(C3)C1.[Na+].[Na+]. The Kier molecular flexibility index (Phi) is 6.33. The number of nitriles is 1. The van der Waals surface area contributed by atoms with Crippen molar-refractivity contribution < 1.29 is 96.6 Å². The molecule has 12 heteroatoms. The number of phosphoric acid groups is 1. The summed E-state index contributed by atoms with van der Waals surface area (Å²) in [6, 6.07) is 5.69. The number of alkyl halides is 1. The van der Waals surface area contributed by atoms with Gasteiger partial charge in [-0.25, -0.2) is 9.45 Å². The summed E-state index contributed by atoms with van der Waals surface area (Å²) in [6.07, 6.45) is 3.69. The van der Waals surface area contributed by atoms with E-state index in [1.807, 2.05) is 0 Å². The number of hydrogen-bond acceptors (Lipinski definition) is 6. The predicted molar refractivity (Wildman–Crippen MR) is 99.6 cm³/mol. The second-order valence-corrected chi connectivity index (χ2v) is 10.5. The van der Waals surface area contributed by atoms with Gasteiger partial charge in [0.05, 0.1) is 9.68 Å². The summed E-state index contributed by atoms with van der Waals surface area (Å²) in [7, 11) is -7.87. The van der Waals surface area contributed by atoms with Crippen LogP contribution >= 0.6 is 19.4 Å². The first-order valence-corrected chi connectivity index (χ1v) is 11.3. The number of rotatable bonds is 4. The number of halogens is 1. The van der Waals surface area contributed by atoms with Crippen LogP contribution in [0, 0.1) is 29.1 Å². The average Bonchev–Trinajstić information content (AvgIpc) is 2.61. The van der Waals surface area contributed by atoms with E-state index in [4.69, 9.17) is 34.7 Å². The number of hydrogen-bond donors (Lipinski definition) is 2. The molecule has 4 bridgehead atoms. The molecule has 5 fully saturated rings. The molecule has 4 saturated carbocycles. The smallest absolute Gasteiger partial charge is 0.403 e. The number of nitrogens with zero attached hydrogens (tertiary/aromatic N) is 1. The number of methoxy groups -OCH3 is 1. The number of ether oxygens (including phenoxy) is 1. The van der Waals surface area contributed by atoms with Crippen LogP contribution in [0.2, 0.25) is 0 Å². The van der Waals surface area contributed by atoms with Crippen molar-refractivity contribution in [3.05, 3.63) is 29.3 Å². The van der Waals surface area contributed by atoms with Crippen molar-refractivity contribution in [2.45, 2.75) is 48.4 Å². The monoisotopic (exact) mass is 490 g/mol. The van der Waals surface area contributed by atoms with E-state index in [-0.39, 0.29) is 87.0 Å². The molecule has 156 valence electrons. The molecular weight excluding hydrogens is 467 g/mol. The number of phosphoric ester groups is 1. The Bertz CT molecular complexity index is 1050. The average molecular weight is 491 g/mol. The van der Waals surface area contributed by atoms with Gasteiger partial charge in [0.15, 0.2) is 5.60 Å². The molecule has 1 aromatic carbocycles. The maximum atomic E-state index is 11.4.